The molecule has 1 fully saturated rings. The third-order valence-electron chi connectivity index (χ3n) is 3.29. The van der Waals surface area contributed by atoms with Gasteiger partial charge in [-0.2, -0.15) is 0 Å². The molecule has 2 unspecified atom stereocenters. The first-order valence-electron chi connectivity index (χ1n) is 6.01. The molecule has 1 saturated heterocycles. The zero-order valence-electron chi connectivity index (χ0n) is 10.8. The van der Waals surface area contributed by atoms with Gasteiger partial charge in [-0.1, -0.05) is 0 Å². The average molecular weight is 270 g/mol. The fraction of sp³-hybridized carbons (Fsp3) is 0.667. The summed E-state index contributed by atoms with van der Waals surface area (Å²) >= 11 is 1.65. The summed E-state index contributed by atoms with van der Waals surface area (Å²) in [5.74, 6) is -0.828. The zero-order chi connectivity index (χ0) is 13.3. The molecule has 5 nitrogen and oxygen atoms in total. The number of aromatic nitrogens is 1. The van der Waals surface area contributed by atoms with E-state index < -0.39 is 12.0 Å². The molecule has 100 valence electrons. The van der Waals surface area contributed by atoms with Gasteiger partial charge in [0.2, 0.25) is 0 Å². The van der Waals surface area contributed by atoms with Crippen LogP contribution in [0.25, 0.3) is 0 Å². The Hall–Kier alpha value is -0.980. The van der Waals surface area contributed by atoms with E-state index >= 15 is 0 Å². The third-order valence-corrected chi connectivity index (χ3v) is 4.19. The number of thiazole rings is 1. The smallest absolute Gasteiger partial charge is 0.323 e. The number of ether oxygens (including phenoxy) is 1. The summed E-state index contributed by atoms with van der Waals surface area (Å²) in [7, 11) is 0. The highest BCUT2D eigenvalue weighted by Gasteiger charge is 2.34. The SMILES string of the molecule is Cc1nc(C(C)N2CCOCC2C(=O)O)c(C)s1. The van der Waals surface area contributed by atoms with E-state index in [0.29, 0.717) is 13.2 Å². The highest BCUT2D eigenvalue weighted by molar-refractivity contribution is 7.11. The number of carboxylic acid groups (broad SMARTS) is 1. The molecule has 0 amide bonds. The largest absolute Gasteiger partial charge is 0.480 e. The average Bonchev–Trinajstić information content (AvgIpc) is 2.67. The van der Waals surface area contributed by atoms with E-state index in [1.807, 2.05) is 25.7 Å². The number of aryl methyl sites for hydroxylation is 2. The lowest BCUT2D eigenvalue weighted by Crippen LogP contribution is -2.50. The van der Waals surface area contributed by atoms with Crippen LogP contribution < -0.4 is 0 Å². The number of carbonyl (C=O) groups is 1. The van der Waals surface area contributed by atoms with Gasteiger partial charge < -0.3 is 9.84 Å². The second-order valence-corrected chi connectivity index (χ2v) is 5.92. The van der Waals surface area contributed by atoms with Crippen LogP contribution in [0.3, 0.4) is 0 Å². The van der Waals surface area contributed by atoms with Gasteiger partial charge in [0.15, 0.2) is 0 Å². The molecular formula is C12H18N2O3S. The molecule has 0 aromatic carbocycles. The fourth-order valence-corrected chi connectivity index (χ4v) is 3.29. The second-order valence-electron chi connectivity index (χ2n) is 4.52. The van der Waals surface area contributed by atoms with Gasteiger partial charge >= 0.3 is 5.97 Å². The molecular weight excluding hydrogens is 252 g/mol. The molecule has 0 saturated carbocycles. The first-order chi connectivity index (χ1) is 8.50. The minimum atomic E-state index is -0.828. The van der Waals surface area contributed by atoms with Crippen molar-refractivity contribution in [1.82, 2.24) is 9.88 Å². The molecule has 0 aliphatic carbocycles. The molecule has 2 rings (SSSR count). The maximum Gasteiger partial charge on any atom is 0.323 e. The Morgan fingerprint density at radius 1 is 1.61 bits per heavy atom. The Bertz CT molecular complexity index is 447. The van der Waals surface area contributed by atoms with Gasteiger partial charge in [-0.3, -0.25) is 9.69 Å². The van der Waals surface area contributed by atoms with Crippen molar-refractivity contribution >= 4 is 17.3 Å². The van der Waals surface area contributed by atoms with Gasteiger partial charge in [-0.05, 0) is 20.8 Å². The number of rotatable bonds is 3. The van der Waals surface area contributed by atoms with Gasteiger partial charge in [-0.25, -0.2) is 4.98 Å². The predicted molar refractivity (Wildman–Crippen MR) is 69.0 cm³/mol. The summed E-state index contributed by atoms with van der Waals surface area (Å²) in [6.45, 7) is 7.49. The van der Waals surface area contributed by atoms with Crippen LogP contribution in [-0.4, -0.2) is 46.8 Å². The molecule has 1 aliphatic heterocycles. The lowest BCUT2D eigenvalue weighted by Gasteiger charge is -2.36. The Morgan fingerprint density at radius 3 is 2.89 bits per heavy atom. The number of carboxylic acids is 1. The van der Waals surface area contributed by atoms with E-state index in [0.717, 1.165) is 15.6 Å². The molecule has 18 heavy (non-hydrogen) atoms. The Morgan fingerprint density at radius 2 is 2.33 bits per heavy atom. The topological polar surface area (TPSA) is 62.7 Å². The molecule has 1 N–H and O–H groups in total. The van der Waals surface area contributed by atoms with Gasteiger partial charge in [0, 0.05) is 11.4 Å². The lowest BCUT2D eigenvalue weighted by atomic mass is 10.1. The Kier molecular flexibility index (Phi) is 3.99. The monoisotopic (exact) mass is 270 g/mol. The molecule has 6 heteroatoms. The fourth-order valence-electron chi connectivity index (χ4n) is 2.38. The summed E-state index contributed by atoms with van der Waals surface area (Å²) in [6, 6.07) is -0.560. The first-order valence-corrected chi connectivity index (χ1v) is 6.82. The van der Waals surface area contributed by atoms with E-state index in [4.69, 9.17) is 4.74 Å². The van der Waals surface area contributed by atoms with Crippen LogP contribution in [-0.2, 0) is 9.53 Å². The van der Waals surface area contributed by atoms with Gasteiger partial charge in [0.1, 0.15) is 6.04 Å². The van der Waals surface area contributed by atoms with Crippen LogP contribution >= 0.6 is 11.3 Å². The molecule has 0 spiro atoms. The van der Waals surface area contributed by atoms with Crippen molar-refractivity contribution in [1.29, 1.82) is 0 Å². The van der Waals surface area contributed by atoms with Gasteiger partial charge in [0.25, 0.3) is 0 Å². The lowest BCUT2D eigenvalue weighted by molar-refractivity contribution is -0.151. The van der Waals surface area contributed by atoms with Gasteiger partial charge in [-0.15, -0.1) is 11.3 Å². The number of hydrogen-bond donors (Lipinski definition) is 1. The molecule has 2 atom stereocenters. The molecule has 0 radical (unpaired) electrons. The van der Waals surface area contributed by atoms with Crippen LogP contribution in [0.15, 0.2) is 0 Å². The molecule has 0 bridgehead atoms. The Balaban J connectivity index is 2.23. The standard InChI is InChI=1S/C12H18N2O3S/c1-7(11-8(2)18-9(3)13-11)14-4-5-17-6-10(14)12(15)16/h7,10H,4-6H2,1-3H3,(H,15,16). The van der Waals surface area contributed by atoms with E-state index in [1.54, 1.807) is 11.3 Å². The minimum Gasteiger partial charge on any atom is -0.480 e. The van der Waals surface area contributed by atoms with Crippen LogP contribution in [0.1, 0.15) is 28.5 Å². The number of nitrogens with zero attached hydrogens (tertiary/aromatic N) is 2. The van der Waals surface area contributed by atoms with E-state index in [2.05, 4.69) is 4.98 Å². The summed E-state index contributed by atoms with van der Waals surface area (Å²) in [6.07, 6.45) is 0. The normalized spacial score (nSPS) is 22.9. The van der Waals surface area contributed by atoms with Crippen LogP contribution in [0, 0.1) is 13.8 Å². The second kappa shape index (κ2) is 5.34. The van der Waals surface area contributed by atoms with Crippen molar-refractivity contribution in [3.8, 4) is 0 Å². The summed E-state index contributed by atoms with van der Waals surface area (Å²) in [5.41, 5.74) is 0.991. The highest BCUT2D eigenvalue weighted by atomic mass is 32.1. The quantitative estimate of drug-likeness (QED) is 0.904. The van der Waals surface area contributed by atoms with E-state index in [9.17, 15) is 9.90 Å². The molecule has 1 aliphatic rings. The number of aliphatic carboxylic acids is 1. The zero-order valence-corrected chi connectivity index (χ0v) is 11.7. The summed E-state index contributed by atoms with van der Waals surface area (Å²) < 4.78 is 5.25. The molecule has 1 aromatic rings. The summed E-state index contributed by atoms with van der Waals surface area (Å²) in [4.78, 5) is 18.9. The van der Waals surface area contributed by atoms with Crippen LogP contribution in [0.4, 0.5) is 0 Å². The van der Waals surface area contributed by atoms with Crippen molar-refractivity contribution in [2.24, 2.45) is 0 Å². The predicted octanol–water partition coefficient (Wildman–Crippen LogP) is 1.61. The number of hydrogen-bond acceptors (Lipinski definition) is 5. The van der Waals surface area contributed by atoms with Crippen molar-refractivity contribution < 1.29 is 14.6 Å². The maximum absolute atomic E-state index is 11.3. The van der Waals surface area contributed by atoms with Crippen LogP contribution in [0.5, 0.6) is 0 Å². The molecule has 1 aromatic heterocycles. The van der Waals surface area contributed by atoms with Crippen molar-refractivity contribution in [3.63, 3.8) is 0 Å². The highest BCUT2D eigenvalue weighted by Crippen LogP contribution is 2.29. The van der Waals surface area contributed by atoms with Crippen molar-refractivity contribution in [2.45, 2.75) is 32.9 Å². The van der Waals surface area contributed by atoms with Crippen molar-refractivity contribution in [3.05, 3.63) is 15.6 Å². The van der Waals surface area contributed by atoms with E-state index in [-0.39, 0.29) is 12.6 Å². The first kappa shape index (κ1) is 13.5. The third kappa shape index (κ3) is 2.55. The van der Waals surface area contributed by atoms with Crippen LogP contribution in [0.2, 0.25) is 0 Å². The van der Waals surface area contributed by atoms with Crippen molar-refractivity contribution in [2.75, 3.05) is 19.8 Å². The van der Waals surface area contributed by atoms with E-state index in [1.165, 1.54) is 0 Å². The summed E-state index contributed by atoms with van der Waals surface area (Å²) in [5, 5.41) is 10.3. The Labute approximate surface area is 110 Å². The molecule has 2 heterocycles. The maximum atomic E-state index is 11.3. The minimum absolute atomic E-state index is 0.0138. The number of morpholine rings is 1. The van der Waals surface area contributed by atoms with Gasteiger partial charge in [0.05, 0.1) is 30.0 Å².